The quantitative estimate of drug-likeness (QED) is 0.860. The zero-order valence-corrected chi connectivity index (χ0v) is 11.6. The normalized spacial score (nSPS) is 19.9. The molecule has 1 aromatic rings. The van der Waals surface area contributed by atoms with Gasteiger partial charge in [-0.1, -0.05) is 0 Å². The largest absolute Gasteiger partial charge is 0.393 e. The van der Waals surface area contributed by atoms with E-state index in [1.807, 2.05) is 0 Å². The molecule has 1 N–H and O–H groups in total. The molecule has 2 nitrogen and oxygen atoms in total. The van der Waals surface area contributed by atoms with Crippen LogP contribution in [0, 0.1) is 17.6 Å². The zero-order valence-electron chi connectivity index (χ0n) is 11.6. The molecule has 1 unspecified atom stereocenters. The Kier molecular flexibility index (Phi) is 4.70. The van der Waals surface area contributed by atoms with Crippen LogP contribution in [0.3, 0.4) is 0 Å². The third-order valence-corrected chi connectivity index (χ3v) is 3.66. The van der Waals surface area contributed by atoms with Crippen LogP contribution >= 0.6 is 0 Å². The summed E-state index contributed by atoms with van der Waals surface area (Å²) in [5, 5.41) is 2.77. The van der Waals surface area contributed by atoms with Gasteiger partial charge in [0, 0.05) is 19.6 Å². The molecule has 0 radical (unpaired) electrons. The van der Waals surface area contributed by atoms with Crippen molar-refractivity contribution in [3.05, 3.63) is 29.3 Å². The number of hydrogen-bond acceptors (Lipinski definition) is 2. The van der Waals surface area contributed by atoms with Gasteiger partial charge in [-0.15, -0.1) is 0 Å². The number of piperidine rings is 1. The summed E-state index contributed by atoms with van der Waals surface area (Å²) in [5.41, 5.74) is 0.0597. The van der Waals surface area contributed by atoms with Crippen molar-refractivity contribution >= 4 is 5.69 Å². The van der Waals surface area contributed by atoms with Crippen molar-refractivity contribution in [1.29, 1.82) is 0 Å². The van der Waals surface area contributed by atoms with Crippen molar-refractivity contribution < 1.29 is 22.0 Å². The Morgan fingerprint density at radius 3 is 2.38 bits per heavy atom. The maximum atomic E-state index is 14.1. The second-order valence-corrected chi connectivity index (χ2v) is 5.27. The van der Waals surface area contributed by atoms with Gasteiger partial charge < -0.3 is 10.2 Å². The molecule has 0 aromatic heterocycles. The standard InChI is InChI=1S/C14H17F5N2/c1-20-7-9-5-11(15)13(12(16)6-9)21-4-2-3-10(8-21)14(17,18)19/h5-6,10,20H,2-4,7-8H2,1H3. The lowest BCUT2D eigenvalue weighted by atomic mass is 9.96. The monoisotopic (exact) mass is 308 g/mol. The number of benzene rings is 1. The molecule has 1 saturated heterocycles. The number of hydrogen-bond donors (Lipinski definition) is 1. The lowest BCUT2D eigenvalue weighted by Gasteiger charge is -2.35. The van der Waals surface area contributed by atoms with Crippen LogP contribution in [-0.2, 0) is 6.54 Å². The third kappa shape index (κ3) is 3.64. The SMILES string of the molecule is CNCc1cc(F)c(N2CCCC(C(F)(F)F)C2)c(F)c1. The van der Waals surface area contributed by atoms with Gasteiger partial charge in [-0.25, -0.2) is 8.78 Å². The summed E-state index contributed by atoms with van der Waals surface area (Å²) in [5.74, 6) is -3.17. The molecule has 0 bridgehead atoms. The molecule has 0 saturated carbocycles. The fourth-order valence-corrected chi connectivity index (χ4v) is 2.67. The number of nitrogens with one attached hydrogen (secondary N) is 1. The van der Waals surface area contributed by atoms with Crippen molar-refractivity contribution in [3.63, 3.8) is 0 Å². The molecule has 1 aliphatic heterocycles. The Morgan fingerprint density at radius 2 is 1.86 bits per heavy atom. The third-order valence-electron chi connectivity index (χ3n) is 3.66. The number of anilines is 1. The van der Waals surface area contributed by atoms with Gasteiger partial charge in [-0.3, -0.25) is 0 Å². The van der Waals surface area contributed by atoms with E-state index < -0.39 is 30.3 Å². The van der Waals surface area contributed by atoms with E-state index in [1.165, 1.54) is 0 Å². The first-order chi connectivity index (χ1) is 9.82. The summed E-state index contributed by atoms with van der Waals surface area (Å²) >= 11 is 0. The molecule has 0 aliphatic carbocycles. The fourth-order valence-electron chi connectivity index (χ4n) is 2.67. The number of nitrogens with zero attached hydrogens (tertiary/aromatic N) is 1. The predicted octanol–water partition coefficient (Wildman–Crippen LogP) is 3.46. The molecule has 2 rings (SSSR count). The van der Waals surface area contributed by atoms with Crippen molar-refractivity contribution in [2.75, 3.05) is 25.0 Å². The minimum atomic E-state index is -4.34. The summed E-state index contributed by atoms with van der Waals surface area (Å²) in [6.45, 7) is 0.119. The minimum absolute atomic E-state index is 0.00107. The van der Waals surface area contributed by atoms with Gasteiger partial charge in [0.1, 0.15) is 17.3 Å². The van der Waals surface area contributed by atoms with Gasteiger partial charge in [0.25, 0.3) is 0 Å². The molecule has 21 heavy (non-hydrogen) atoms. The fraction of sp³-hybridized carbons (Fsp3) is 0.571. The Hall–Kier alpha value is -1.37. The molecule has 1 aromatic carbocycles. The van der Waals surface area contributed by atoms with E-state index in [9.17, 15) is 22.0 Å². The Bertz CT molecular complexity index is 478. The first-order valence-corrected chi connectivity index (χ1v) is 6.77. The Morgan fingerprint density at radius 1 is 1.24 bits per heavy atom. The first kappa shape index (κ1) is 16.0. The highest BCUT2D eigenvalue weighted by atomic mass is 19.4. The Labute approximate surface area is 119 Å². The molecular weight excluding hydrogens is 291 g/mol. The van der Waals surface area contributed by atoms with E-state index in [2.05, 4.69) is 5.32 Å². The predicted molar refractivity (Wildman–Crippen MR) is 70.1 cm³/mol. The smallest absolute Gasteiger partial charge is 0.366 e. The highest BCUT2D eigenvalue weighted by Crippen LogP contribution is 2.36. The molecule has 1 heterocycles. The second kappa shape index (κ2) is 6.17. The topological polar surface area (TPSA) is 15.3 Å². The van der Waals surface area contributed by atoms with Crippen LogP contribution in [0.2, 0.25) is 0 Å². The maximum Gasteiger partial charge on any atom is 0.393 e. The van der Waals surface area contributed by atoms with E-state index in [-0.39, 0.29) is 25.1 Å². The molecule has 1 fully saturated rings. The van der Waals surface area contributed by atoms with E-state index >= 15 is 0 Å². The van der Waals surface area contributed by atoms with Gasteiger partial charge in [0.05, 0.1) is 5.92 Å². The molecule has 1 aliphatic rings. The highest BCUT2D eigenvalue weighted by Gasteiger charge is 2.42. The summed E-state index contributed by atoms with van der Waals surface area (Å²) in [4.78, 5) is 1.16. The molecule has 7 heteroatoms. The summed E-state index contributed by atoms with van der Waals surface area (Å²) in [6.07, 6.45) is -4.07. The van der Waals surface area contributed by atoms with Crippen LogP contribution in [0.4, 0.5) is 27.6 Å². The molecule has 1 atom stereocenters. The van der Waals surface area contributed by atoms with Crippen molar-refractivity contribution in [1.82, 2.24) is 5.32 Å². The number of alkyl halides is 3. The van der Waals surface area contributed by atoms with Gasteiger partial charge in [0.2, 0.25) is 0 Å². The number of halogens is 5. The van der Waals surface area contributed by atoms with Crippen molar-refractivity contribution in [2.45, 2.75) is 25.6 Å². The van der Waals surface area contributed by atoms with Crippen LogP contribution in [0.5, 0.6) is 0 Å². The summed E-state index contributed by atoms with van der Waals surface area (Å²) < 4.78 is 66.4. The van der Waals surface area contributed by atoms with Crippen LogP contribution in [-0.4, -0.2) is 26.3 Å². The average molecular weight is 308 g/mol. The summed E-state index contributed by atoms with van der Waals surface area (Å²) in [6, 6.07) is 2.32. The molecule has 0 amide bonds. The molecule has 118 valence electrons. The van der Waals surface area contributed by atoms with Crippen LogP contribution in [0.25, 0.3) is 0 Å². The van der Waals surface area contributed by atoms with Crippen molar-refractivity contribution in [2.24, 2.45) is 5.92 Å². The van der Waals surface area contributed by atoms with Crippen LogP contribution < -0.4 is 10.2 Å². The number of rotatable bonds is 3. The van der Waals surface area contributed by atoms with Gasteiger partial charge in [-0.2, -0.15) is 13.2 Å². The van der Waals surface area contributed by atoms with Gasteiger partial charge in [-0.05, 0) is 37.6 Å². The first-order valence-electron chi connectivity index (χ1n) is 6.77. The zero-order chi connectivity index (χ0) is 15.6. The van der Waals surface area contributed by atoms with Crippen molar-refractivity contribution in [3.8, 4) is 0 Å². The maximum absolute atomic E-state index is 14.1. The van der Waals surface area contributed by atoms with Crippen LogP contribution in [0.15, 0.2) is 12.1 Å². The van der Waals surface area contributed by atoms with E-state index in [4.69, 9.17) is 0 Å². The lowest BCUT2D eigenvalue weighted by Crippen LogP contribution is -2.42. The minimum Gasteiger partial charge on any atom is -0.366 e. The van der Waals surface area contributed by atoms with E-state index in [1.54, 1.807) is 7.05 Å². The van der Waals surface area contributed by atoms with Gasteiger partial charge >= 0.3 is 6.18 Å². The Balaban J connectivity index is 2.25. The average Bonchev–Trinajstić information content (AvgIpc) is 2.37. The molecule has 0 spiro atoms. The molecular formula is C14H17F5N2. The highest BCUT2D eigenvalue weighted by molar-refractivity contribution is 5.51. The van der Waals surface area contributed by atoms with Gasteiger partial charge in [0.15, 0.2) is 0 Å². The lowest BCUT2D eigenvalue weighted by molar-refractivity contribution is -0.176. The van der Waals surface area contributed by atoms with E-state index in [0.29, 0.717) is 12.1 Å². The van der Waals surface area contributed by atoms with E-state index in [0.717, 1.165) is 17.0 Å². The summed E-state index contributed by atoms with van der Waals surface area (Å²) in [7, 11) is 1.64. The van der Waals surface area contributed by atoms with Crippen LogP contribution in [0.1, 0.15) is 18.4 Å². The second-order valence-electron chi connectivity index (χ2n) is 5.27.